The fourth-order valence-electron chi connectivity index (χ4n) is 2.07. The van der Waals surface area contributed by atoms with E-state index in [1.165, 1.54) is 19.3 Å². The molecule has 0 aromatic heterocycles. The number of carbonyl (C=O) groups excluding carboxylic acids is 1. The summed E-state index contributed by atoms with van der Waals surface area (Å²) in [5.41, 5.74) is 9.06. The quantitative estimate of drug-likeness (QED) is 0.623. The summed E-state index contributed by atoms with van der Waals surface area (Å²) >= 11 is 0. The van der Waals surface area contributed by atoms with E-state index < -0.39 is 0 Å². The van der Waals surface area contributed by atoms with E-state index in [1.807, 2.05) is 13.8 Å². The zero-order chi connectivity index (χ0) is 12.7. The van der Waals surface area contributed by atoms with Crippen molar-refractivity contribution in [3.8, 4) is 0 Å². The maximum absolute atomic E-state index is 11.6. The molecule has 0 saturated carbocycles. The van der Waals surface area contributed by atoms with E-state index in [2.05, 4.69) is 15.8 Å². The van der Waals surface area contributed by atoms with Gasteiger partial charge in [-0.1, -0.05) is 6.42 Å². The van der Waals surface area contributed by atoms with Crippen LogP contribution in [0.4, 0.5) is 0 Å². The van der Waals surface area contributed by atoms with Crippen LogP contribution in [0.15, 0.2) is 0 Å². The minimum absolute atomic E-state index is 0.0480. The van der Waals surface area contributed by atoms with Gasteiger partial charge in [0.1, 0.15) is 0 Å². The van der Waals surface area contributed by atoms with E-state index in [4.69, 9.17) is 5.73 Å². The Morgan fingerprint density at radius 3 is 2.47 bits per heavy atom. The van der Waals surface area contributed by atoms with Crippen molar-refractivity contribution < 1.29 is 4.79 Å². The van der Waals surface area contributed by atoms with Crippen LogP contribution in [0.25, 0.3) is 0 Å². The maximum atomic E-state index is 11.6. The van der Waals surface area contributed by atoms with Crippen molar-refractivity contribution in [2.75, 3.05) is 19.6 Å². The predicted molar refractivity (Wildman–Crippen MR) is 69.3 cm³/mol. The summed E-state index contributed by atoms with van der Waals surface area (Å²) in [5, 5.41) is 5.09. The molecule has 0 aliphatic carbocycles. The van der Waals surface area contributed by atoms with Crippen LogP contribution in [0.1, 0.15) is 39.5 Å². The molecule has 1 saturated heterocycles. The first kappa shape index (κ1) is 14.4. The molecule has 1 aliphatic rings. The Balaban J connectivity index is 2.29. The van der Waals surface area contributed by atoms with Crippen molar-refractivity contribution in [1.82, 2.24) is 15.8 Å². The summed E-state index contributed by atoms with van der Waals surface area (Å²) < 4.78 is 0. The summed E-state index contributed by atoms with van der Waals surface area (Å²) in [6, 6.07) is 0.239. The standard InChI is InChI=1S/C12H26N4O/c1-10(2)14-12(17)8-11(9-13)15-16-6-4-3-5-7-16/h10-11,15H,3-9,13H2,1-2H3,(H,14,17). The third kappa shape index (κ3) is 6.00. The van der Waals surface area contributed by atoms with Crippen molar-refractivity contribution >= 4 is 5.91 Å². The minimum atomic E-state index is 0.0480. The first-order valence-corrected chi connectivity index (χ1v) is 6.62. The lowest BCUT2D eigenvalue weighted by atomic mass is 10.1. The van der Waals surface area contributed by atoms with Gasteiger partial charge in [0, 0.05) is 38.1 Å². The summed E-state index contributed by atoms with van der Waals surface area (Å²) in [6.45, 7) is 6.54. The number of piperidine rings is 1. The molecule has 1 amide bonds. The molecular formula is C12H26N4O. The minimum Gasteiger partial charge on any atom is -0.354 e. The van der Waals surface area contributed by atoms with Crippen LogP contribution in [0.5, 0.6) is 0 Å². The molecule has 1 unspecified atom stereocenters. The van der Waals surface area contributed by atoms with Gasteiger partial charge in [0.2, 0.25) is 5.91 Å². The molecule has 1 heterocycles. The van der Waals surface area contributed by atoms with Gasteiger partial charge in [-0.05, 0) is 26.7 Å². The van der Waals surface area contributed by atoms with Gasteiger partial charge in [0.05, 0.1) is 0 Å². The van der Waals surface area contributed by atoms with Gasteiger partial charge in [0.15, 0.2) is 0 Å². The lowest BCUT2D eigenvalue weighted by Crippen LogP contribution is -2.51. The lowest BCUT2D eigenvalue weighted by Gasteiger charge is -2.31. The van der Waals surface area contributed by atoms with Crippen molar-refractivity contribution in [2.45, 2.75) is 51.6 Å². The summed E-state index contributed by atoms with van der Waals surface area (Å²) in [4.78, 5) is 11.6. The summed E-state index contributed by atoms with van der Waals surface area (Å²) in [7, 11) is 0. The molecule has 1 aliphatic heterocycles. The SMILES string of the molecule is CC(C)NC(=O)CC(CN)NN1CCCCC1. The number of hydrazine groups is 1. The van der Waals surface area contributed by atoms with Crippen LogP contribution in [-0.4, -0.2) is 42.6 Å². The molecular weight excluding hydrogens is 216 g/mol. The Kier molecular flexibility index (Phi) is 6.47. The number of nitrogens with two attached hydrogens (primary N) is 1. The lowest BCUT2D eigenvalue weighted by molar-refractivity contribution is -0.122. The Labute approximate surface area is 104 Å². The molecule has 100 valence electrons. The van der Waals surface area contributed by atoms with E-state index in [-0.39, 0.29) is 18.0 Å². The monoisotopic (exact) mass is 242 g/mol. The first-order chi connectivity index (χ1) is 8.11. The highest BCUT2D eigenvalue weighted by Crippen LogP contribution is 2.07. The smallest absolute Gasteiger partial charge is 0.221 e. The fraction of sp³-hybridized carbons (Fsp3) is 0.917. The Hall–Kier alpha value is -0.650. The molecule has 17 heavy (non-hydrogen) atoms. The molecule has 1 fully saturated rings. The second-order valence-corrected chi connectivity index (χ2v) is 5.04. The second-order valence-electron chi connectivity index (χ2n) is 5.04. The fourth-order valence-corrected chi connectivity index (χ4v) is 2.07. The molecule has 4 N–H and O–H groups in total. The summed E-state index contributed by atoms with van der Waals surface area (Å²) in [5.74, 6) is 0.0694. The molecule has 0 aromatic carbocycles. The molecule has 5 nitrogen and oxygen atoms in total. The average molecular weight is 242 g/mol. The molecule has 0 spiro atoms. The normalized spacial score (nSPS) is 19.3. The van der Waals surface area contributed by atoms with Crippen molar-refractivity contribution in [3.05, 3.63) is 0 Å². The van der Waals surface area contributed by atoms with Crippen LogP contribution < -0.4 is 16.5 Å². The number of amides is 1. The maximum Gasteiger partial charge on any atom is 0.221 e. The molecule has 1 rings (SSSR count). The van der Waals surface area contributed by atoms with Gasteiger partial charge >= 0.3 is 0 Å². The third-order valence-electron chi connectivity index (χ3n) is 2.89. The van der Waals surface area contributed by atoms with Crippen LogP contribution in [0.3, 0.4) is 0 Å². The highest BCUT2D eigenvalue weighted by Gasteiger charge is 2.17. The van der Waals surface area contributed by atoms with Gasteiger partial charge in [-0.25, -0.2) is 5.01 Å². The zero-order valence-corrected chi connectivity index (χ0v) is 11.0. The summed E-state index contributed by atoms with van der Waals surface area (Å²) in [6.07, 6.45) is 4.20. The Morgan fingerprint density at radius 2 is 1.94 bits per heavy atom. The van der Waals surface area contributed by atoms with E-state index in [1.54, 1.807) is 0 Å². The molecule has 0 aromatic rings. The molecule has 5 heteroatoms. The predicted octanol–water partition coefficient (Wildman–Crippen LogP) is 0.219. The highest BCUT2D eigenvalue weighted by molar-refractivity contribution is 5.76. The van der Waals surface area contributed by atoms with Crippen LogP contribution in [-0.2, 0) is 4.79 Å². The highest BCUT2D eigenvalue weighted by atomic mass is 16.1. The molecule has 0 radical (unpaired) electrons. The largest absolute Gasteiger partial charge is 0.354 e. The number of hydrogen-bond acceptors (Lipinski definition) is 4. The van der Waals surface area contributed by atoms with E-state index in [0.29, 0.717) is 13.0 Å². The third-order valence-corrected chi connectivity index (χ3v) is 2.89. The van der Waals surface area contributed by atoms with Crippen LogP contribution in [0.2, 0.25) is 0 Å². The Bertz CT molecular complexity index is 227. The molecule has 1 atom stereocenters. The van der Waals surface area contributed by atoms with Gasteiger partial charge in [-0.15, -0.1) is 0 Å². The number of hydrogen-bond donors (Lipinski definition) is 3. The van der Waals surface area contributed by atoms with E-state index in [0.717, 1.165) is 13.1 Å². The van der Waals surface area contributed by atoms with E-state index in [9.17, 15) is 4.79 Å². The van der Waals surface area contributed by atoms with Crippen molar-refractivity contribution in [3.63, 3.8) is 0 Å². The Morgan fingerprint density at radius 1 is 1.29 bits per heavy atom. The van der Waals surface area contributed by atoms with Crippen LogP contribution in [0, 0.1) is 0 Å². The van der Waals surface area contributed by atoms with Gasteiger partial charge in [-0.3, -0.25) is 10.2 Å². The van der Waals surface area contributed by atoms with Crippen molar-refractivity contribution in [2.24, 2.45) is 5.73 Å². The van der Waals surface area contributed by atoms with Crippen LogP contribution >= 0.6 is 0 Å². The average Bonchev–Trinajstić information content (AvgIpc) is 2.28. The number of carbonyl (C=O) groups is 1. The van der Waals surface area contributed by atoms with Gasteiger partial charge in [-0.2, -0.15) is 0 Å². The molecule has 0 bridgehead atoms. The topological polar surface area (TPSA) is 70.4 Å². The van der Waals surface area contributed by atoms with Crippen molar-refractivity contribution in [1.29, 1.82) is 0 Å². The number of rotatable bonds is 6. The van der Waals surface area contributed by atoms with Gasteiger partial charge in [0.25, 0.3) is 0 Å². The van der Waals surface area contributed by atoms with Gasteiger partial charge < -0.3 is 11.1 Å². The number of nitrogens with zero attached hydrogens (tertiary/aromatic N) is 1. The number of nitrogens with one attached hydrogen (secondary N) is 2. The second kappa shape index (κ2) is 7.63. The van der Waals surface area contributed by atoms with E-state index >= 15 is 0 Å². The zero-order valence-electron chi connectivity index (χ0n) is 11.0. The first-order valence-electron chi connectivity index (χ1n) is 6.62.